The summed E-state index contributed by atoms with van der Waals surface area (Å²) in [4.78, 5) is 43.5. The minimum atomic E-state index is -1.72. The first-order chi connectivity index (χ1) is 13.6. The molecule has 0 aliphatic rings. The molecule has 0 spiro atoms. The van der Waals surface area contributed by atoms with E-state index in [4.69, 9.17) is 9.15 Å². The summed E-state index contributed by atoms with van der Waals surface area (Å²) in [6.07, 6.45) is 2.89. The van der Waals surface area contributed by atoms with Gasteiger partial charge in [0.1, 0.15) is 16.6 Å². The first-order valence-corrected chi connectivity index (χ1v) is 9.93. The van der Waals surface area contributed by atoms with E-state index in [0.29, 0.717) is 21.2 Å². The fraction of sp³-hybridized carbons (Fsp3) is 0.474. The highest BCUT2D eigenvalue weighted by molar-refractivity contribution is 7.22. The van der Waals surface area contributed by atoms with E-state index in [1.54, 1.807) is 6.92 Å². The fourth-order valence-electron chi connectivity index (χ4n) is 3.05. The maximum absolute atomic E-state index is 13.2. The third-order valence-electron chi connectivity index (χ3n) is 4.69. The molecule has 3 aromatic rings. The van der Waals surface area contributed by atoms with Crippen molar-refractivity contribution in [1.82, 2.24) is 14.1 Å². The standard InChI is InChI=1S/C19H23N3O6S/c1-10(2)27-9-7-21-16-12(11(3)13(29-16)14-20-6-8-28-14)15(23)22(18(21)26)19(4,5)17(24)25/h6,8,10H,7,9H2,1-5H3,(H,24,25). The van der Waals surface area contributed by atoms with Gasteiger partial charge in [0.15, 0.2) is 0 Å². The molecular formula is C19H23N3O6S. The van der Waals surface area contributed by atoms with Crippen LogP contribution in [0.2, 0.25) is 0 Å². The van der Waals surface area contributed by atoms with Gasteiger partial charge in [-0.2, -0.15) is 0 Å². The molecule has 0 unspecified atom stereocenters. The van der Waals surface area contributed by atoms with Crippen LogP contribution in [-0.2, 0) is 21.6 Å². The molecule has 0 atom stereocenters. The molecule has 0 saturated carbocycles. The lowest BCUT2D eigenvalue weighted by molar-refractivity contribution is -0.146. The van der Waals surface area contributed by atoms with Crippen molar-refractivity contribution in [1.29, 1.82) is 0 Å². The Kier molecular flexibility index (Phi) is 5.50. The second kappa shape index (κ2) is 7.60. The first-order valence-electron chi connectivity index (χ1n) is 9.11. The number of aryl methyl sites for hydroxylation is 1. The second-order valence-corrected chi connectivity index (χ2v) is 8.43. The Morgan fingerprint density at radius 1 is 1.38 bits per heavy atom. The van der Waals surface area contributed by atoms with E-state index in [1.165, 1.54) is 42.2 Å². The zero-order valence-electron chi connectivity index (χ0n) is 16.9. The number of aliphatic carboxylic acids is 1. The number of ether oxygens (including phenoxy) is 1. The number of carboxylic acids is 1. The number of hydrogen-bond donors (Lipinski definition) is 1. The predicted octanol–water partition coefficient (Wildman–Crippen LogP) is 2.43. The molecule has 156 valence electrons. The molecule has 0 fully saturated rings. The van der Waals surface area contributed by atoms with Crippen molar-refractivity contribution in [2.75, 3.05) is 6.61 Å². The summed E-state index contributed by atoms with van der Waals surface area (Å²) in [5.74, 6) is -0.939. The lowest BCUT2D eigenvalue weighted by atomic mass is 10.1. The molecule has 0 aliphatic heterocycles. The number of nitrogens with zero attached hydrogens (tertiary/aromatic N) is 3. The van der Waals surface area contributed by atoms with Gasteiger partial charge in [-0.25, -0.2) is 19.1 Å². The topological polar surface area (TPSA) is 117 Å². The van der Waals surface area contributed by atoms with Crippen molar-refractivity contribution in [3.8, 4) is 10.8 Å². The lowest BCUT2D eigenvalue weighted by Crippen LogP contribution is -2.52. The van der Waals surface area contributed by atoms with Gasteiger partial charge in [-0.15, -0.1) is 11.3 Å². The van der Waals surface area contributed by atoms with Gasteiger partial charge >= 0.3 is 11.7 Å². The monoisotopic (exact) mass is 421 g/mol. The Balaban J connectivity index is 2.36. The van der Waals surface area contributed by atoms with Crippen molar-refractivity contribution in [2.24, 2.45) is 0 Å². The second-order valence-electron chi connectivity index (χ2n) is 7.43. The minimum Gasteiger partial charge on any atom is -0.480 e. The molecule has 29 heavy (non-hydrogen) atoms. The number of fused-ring (bicyclic) bond motifs is 1. The number of oxazole rings is 1. The fourth-order valence-corrected chi connectivity index (χ4v) is 4.31. The van der Waals surface area contributed by atoms with Gasteiger partial charge in [0, 0.05) is 0 Å². The van der Waals surface area contributed by atoms with E-state index in [2.05, 4.69) is 4.98 Å². The van der Waals surface area contributed by atoms with Gasteiger partial charge in [-0.1, -0.05) is 0 Å². The number of carbonyl (C=O) groups is 1. The molecule has 1 N–H and O–H groups in total. The number of rotatable bonds is 7. The molecule has 3 rings (SSSR count). The third-order valence-corrected chi connectivity index (χ3v) is 5.99. The van der Waals surface area contributed by atoms with Crippen LogP contribution in [0.4, 0.5) is 0 Å². The molecule has 10 heteroatoms. The average Bonchev–Trinajstić information content (AvgIpc) is 3.25. The maximum Gasteiger partial charge on any atom is 0.333 e. The van der Waals surface area contributed by atoms with Crippen molar-refractivity contribution in [3.63, 3.8) is 0 Å². The summed E-state index contributed by atoms with van der Waals surface area (Å²) < 4.78 is 13.1. The van der Waals surface area contributed by atoms with Crippen molar-refractivity contribution in [3.05, 3.63) is 38.9 Å². The van der Waals surface area contributed by atoms with Crippen molar-refractivity contribution in [2.45, 2.75) is 52.8 Å². The molecule has 0 aliphatic carbocycles. The van der Waals surface area contributed by atoms with Crippen molar-refractivity contribution >= 4 is 27.5 Å². The van der Waals surface area contributed by atoms with E-state index in [-0.39, 0.29) is 24.6 Å². The Hall–Kier alpha value is -2.72. The number of thiophene rings is 1. The molecule has 3 heterocycles. The highest BCUT2D eigenvalue weighted by Gasteiger charge is 2.35. The van der Waals surface area contributed by atoms with Crippen LogP contribution in [0.5, 0.6) is 0 Å². The summed E-state index contributed by atoms with van der Waals surface area (Å²) in [7, 11) is 0. The summed E-state index contributed by atoms with van der Waals surface area (Å²) in [5, 5.41) is 9.90. The van der Waals surface area contributed by atoms with Crippen LogP contribution in [-0.4, -0.2) is 37.9 Å². The van der Waals surface area contributed by atoms with E-state index < -0.39 is 22.8 Å². The zero-order chi connectivity index (χ0) is 21.5. The predicted molar refractivity (Wildman–Crippen MR) is 109 cm³/mol. The third kappa shape index (κ3) is 3.53. The average molecular weight is 421 g/mol. The van der Waals surface area contributed by atoms with Crippen LogP contribution in [0, 0.1) is 6.92 Å². The molecule has 0 aromatic carbocycles. The van der Waals surface area contributed by atoms with Gasteiger partial charge < -0.3 is 14.3 Å². The van der Waals surface area contributed by atoms with Gasteiger partial charge in [0.2, 0.25) is 5.89 Å². The van der Waals surface area contributed by atoms with E-state index in [0.717, 1.165) is 4.57 Å². The molecule has 0 bridgehead atoms. The number of aromatic nitrogens is 3. The summed E-state index contributed by atoms with van der Waals surface area (Å²) in [5.41, 5.74) is -2.47. The summed E-state index contributed by atoms with van der Waals surface area (Å²) >= 11 is 1.21. The molecular weight excluding hydrogens is 398 g/mol. The highest BCUT2D eigenvalue weighted by Crippen LogP contribution is 2.35. The SMILES string of the molecule is Cc1c(-c2ncco2)sc2c1c(=O)n(C(C)(C)C(=O)O)c(=O)n2CCOC(C)C. The van der Waals surface area contributed by atoms with Crippen molar-refractivity contribution < 1.29 is 19.1 Å². The molecule has 3 aromatic heterocycles. The first kappa shape index (κ1) is 21.0. The highest BCUT2D eigenvalue weighted by atomic mass is 32.1. The van der Waals surface area contributed by atoms with Crippen LogP contribution in [0.15, 0.2) is 26.5 Å². The molecule has 0 radical (unpaired) electrons. The smallest absolute Gasteiger partial charge is 0.333 e. The minimum absolute atomic E-state index is 0.0319. The van der Waals surface area contributed by atoms with Gasteiger partial charge in [0.05, 0.1) is 35.7 Å². The van der Waals surface area contributed by atoms with Gasteiger partial charge in [0.25, 0.3) is 5.56 Å². The van der Waals surface area contributed by atoms with E-state index in [1.807, 2.05) is 13.8 Å². The van der Waals surface area contributed by atoms with Crippen LogP contribution in [0.25, 0.3) is 21.0 Å². The largest absolute Gasteiger partial charge is 0.480 e. The zero-order valence-corrected chi connectivity index (χ0v) is 17.7. The summed E-state index contributed by atoms with van der Waals surface area (Å²) in [6, 6.07) is 0. The lowest BCUT2D eigenvalue weighted by Gasteiger charge is -2.23. The Bertz CT molecular complexity index is 1170. The van der Waals surface area contributed by atoms with Crippen LogP contribution < -0.4 is 11.2 Å². The van der Waals surface area contributed by atoms with Crippen LogP contribution in [0.3, 0.4) is 0 Å². The van der Waals surface area contributed by atoms with Crippen LogP contribution in [0.1, 0.15) is 33.3 Å². The molecule has 0 amide bonds. The maximum atomic E-state index is 13.2. The van der Waals surface area contributed by atoms with Gasteiger partial charge in [-0.3, -0.25) is 9.36 Å². The Morgan fingerprint density at radius 3 is 2.62 bits per heavy atom. The Morgan fingerprint density at radius 2 is 2.07 bits per heavy atom. The van der Waals surface area contributed by atoms with E-state index in [9.17, 15) is 19.5 Å². The van der Waals surface area contributed by atoms with Gasteiger partial charge in [-0.05, 0) is 40.2 Å². The number of hydrogen-bond acceptors (Lipinski definition) is 7. The number of carboxylic acid groups (broad SMARTS) is 1. The normalized spacial score (nSPS) is 12.2. The van der Waals surface area contributed by atoms with Crippen LogP contribution >= 0.6 is 11.3 Å². The quantitative estimate of drug-likeness (QED) is 0.623. The summed E-state index contributed by atoms with van der Waals surface area (Å²) in [6.45, 7) is 8.56. The molecule has 0 saturated heterocycles. The van der Waals surface area contributed by atoms with E-state index >= 15 is 0 Å². The molecule has 9 nitrogen and oxygen atoms in total. The Labute approximate surface area is 170 Å².